The van der Waals surface area contributed by atoms with E-state index in [0.717, 1.165) is 11.8 Å². The number of aromatic nitrogens is 3. The molecule has 3 aromatic rings. The molecule has 3 rings (SSSR count). The Hall–Kier alpha value is -2.85. The molecule has 0 aliphatic rings. The predicted molar refractivity (Wildman–Crippen MR) is 96.3 cm³/mol. The molecule has 0 radical (unpaired) electrons. The lowest BCUT2D eigenvalue weighted by Gasteiger charge is -2.03. The van der Waals surface area contributed by atoms with Gasteiger partial charge in [0.25, 0.3) is 11.1 Å². The Labute approximate surface area is 162 Å². The maximum atomic E-state index is 11.7. The molecule has 0 saturated carbocycles. The van der Waals surface area contributed by atoms with Crippen LogP contribution in [-0.4, -0.2) is 39.6 Å². The lowest BCUT2D eigenvalue weighted by molar-refractivity contribution is -0.144. The van der Waals surface area contributed by atoms with E-state index in [0.29, 0.717) is 22.2 Å². The molecule has 0 saturated heterocycles. The van der Waals surface area contributed by atoms with Gasteiger partial charge in [-0.25, -0.2) is 0 Å². The van der Waals surface area contributed by atoms with Crippen molar-refractivity contribution in [3.05, 3.63) is 41.1 Å². The van der Waals surface area contributed by atoms with Crippen LogP contribution in [-0.2, 0) is 14.3 Å². The van der Waals surface area contributed by atoms with Crippen molar-refractivity contribution in [2.75, 3.05) is 17.7 Å². The number of amides is 1. The zero-order valence-corrected chi connectivity index (χ0v) is 15.5. The van der Waals surface area contributed by atoms with Gasteiger partial charge in [-0.05, 0) is 31.2 Å². The van der Waals surface area contributed by atoms with Crippen LogP contribution in [0.2, 0.25) is 5.02 Å². The summed E-state index contributed by atoms with van der Waals surface area (Å²) in [5.74, 6) is -0.0924. The molecule has 0 aliphatic heterocycles. The highest BCUT2D eigenvalue weighted by molar-refractivity contribution is 7.99. The molecule has 140 valence electrons. The fourth-order valence-corrected chi connectivity index (χ4v) is 2.58. The summed E-state index contributed by atoms with van der Waals surface area (Å²) in [6.45, 7) is 1.25. The number of carbonyl (C=O) groups excluding carboxylic acids is 2. The Morgan fingerprint density at radius 3 is 2.74 bits per heavy atom. The van der Waals surface area contributed by atoms with Gasteiger partial charge >= 0.3 is 5.97 Å². The minimum atomic E-state index is -0.599. The van der Waals surface area contributed by atoms with Gasteiger partial charge in [-0.3, -0.25) is 9.59 Å². The second-order valence-electron chi connectivity index (χ2n) is 5.20. The largest absolute Gasteiger partial charge is 0.455 e. The monoisotopic (exact) mass is 408 g/mol. The second kappa shape index (κ2) is 8.69. The van der Waals surface area contributed by atoms with Crippen molar-refractivity contribution < 1.29 is 23.3 Å². The molecule has 0 bridgehead atoms. The number of carbonyl (C=O) groups is 2. The third-order valence-corrected chi connectivity index (χ3v) is 4.11. The number of thioether (sulfide) groups is 1. The van der Waals surface area contributed by atoms with E-state index in [9.17, 15) is 9.59 Å². The molecular weight excluding hydrogens is 396 g/mol. The van der Waals surface area contributed by atoms with Crippen LogP contribution in [0.4, 0.5) is 5.82 Å². The molecule has 0 aliphatic carbocycles. The van der Waals surface area contributed by atoms with Crippen LogP contribution in [0.1, 0.15) is 5.76 Å². The number of benzene rings is 1. The molecule has 0 atom stereocenters. The first-order valence-corrected chi connectivity index (χ1v) is 8.97. The van der Waals surface area contributed by atoms with Gasteiger partial charge in [0.1, 0.15) is 11.5 Å². The molecule has 0 fully saturated rings. The summed E-state index contributed by atoms with van der Waals surface area (Å²) in [7, 11) is 0. The van der Waals surface area contributed by atoms with E-state index in [-0.39, 0.29) is 16.8 Å². The Kier molecular flexibility index (Phi) is 6.09. The lowest BCUT2D eigenvalue weighted by atomic mass is 10.2. The molecule has 1 N–H and O–H groups in total. The third-order valence-electron chi connectivity index (χ3n) is 3.07. The van der Waals surface area contributed by atoms with Crippen LogP contribution in [0, 0.1) is 6.92 Å². The number of hydrogen-bond donors (Lipinski definition) is 1. The first-order valence-electron chi connectivity index (χ1n) is 7.60. The number of nitrogens with zero attached hydrogens (tertiary/aromatic N) is 3. The van der Waals surface area contributed by atoms with E-state index in [1.54, 1.807) is 37.3 Å². The summed E-state index contributed by atoms with van der Waals surface area (Å²) >= 11 is 6.83. The summed E-state index contributed by atoms with van der Waals surface area (Å²) in [5, 5.41) is 14.6. The van der Waals surface area contributed by atoms with Crippen molar-refractivity contribution in [2.45, 2.75) is 12.1 Å². The van der Waals surface area contributed by atoms with Crippen LogP contribution in [0.3, 0.4) is 0 Å². The van der Waals surface area contributed by atoms with E-state index in [4.69, 9.17) is 25.3 Å². The molecule has 1 aromatic carbocycles. The normalized spacial score (nSPS) is 10.6. The number of aryl methyl sites for hydroxylation is 1. The quantitative estimate of drug-likeness (QED) is 0.464. The SMILES string of the molecule is Cc1cc(NC(=O)COC(=O)CSc2nnc(-c3ccc(Cl)cc3)o2)no1. The number of nitrogens with one attached hydrogen (secondary N) is 1. The number of esters is 1. The van der Waals surface area contributed by atoms with Crippen LogP contribution in [0.25, 0.3) is 11.5 Å². The Morgan fingerprint density at radius 1 is 1.26 bits per heavy atom. The van der Waals surface area contributed by atoms with E-state index in [1.807, 2.05) is 0 Å². The Balaban J connectivity index is 1.42. The average molecular weight is 409 g/mol. The number of ether oxygens (including phenoxy) is 1. The summed E-state index contributed by atoms with van der Waals surface area (Å²) in [4.78, 5) is 23.4. The molecule has 1 amide bonds. The van der Waals surface area contributed by atoms with Crippen LogP contribution < -0.4 is 5.32 Å². The van der Waals surface area contributed by atoms with Crippen LogP contribution in [0.5, 0.6) is 0 Å². The maximum Gasteiger partial charge on any atom is 0.316 e. The molecule has 2 heterocycles. The van der Waals surface area contributed by atoms with Crippen molar-refractivity contribution in [1.82, 2.24) is 15.4 Å². The van der Waals surface area contributed by atoms with E-state index in [2.05, 4.69) is 20.7 Å². The van der Waals surface area contributed by atoms with Gasteiger partial charge in [-0.1, -0.05) is 28.5 Å². The highest BCUT2D eigenvalue weighted by Crippen LogP contribution is 2.24. The highest BCUT2D eigenvalue weighted by atomic mass is 35.5. The summed E-state index contributed by atoms with van der Waals surface area (Å²) in [6.07, 6.45) is 0. The highest BCUT2D eigenvalue weighted by Gasteiger charge is 2.14. The number of halogens is 1. The standard InChI is InChI=1S/C16H13ClN4O5S/c1-9-6-12(21-26-9)18-13(22)7-24-14(23)8-27-16-20-19-15(25-16)10-2-4-11(17)5-3-10/h2-6H,7-8H2,1H3,(H,18,21,22). The molecule has 27 heavy (non-hydrogen) atoms. The van der Waals surface area contributed by atoms with Crippen molar-refractivity contribution in [1.29, 1.82) is 0 Å². The van der Waals surface area contributed by atoms with Gasteiger partial charge < -0.3 is 19.0 Å². The number of anilines is 1. The molecule has 0 spiro atoms. The fraction of sp³-hybridized carbons (Fsp3) is 0.188. The third kappa shape index (κ3) is 5.56. The zero-order valence-electron chi connectivity index (χ0n) is 14.0. The summed E-state index contributed by atoms with van der Waals surface area (Å²) < 4.78 is 15.1. The zero-order chi connectivity index (χ0) is 19.2. The minimum absolute atomic E-state index is 0.0847. The average Bonchev–Trinajstić information content (AvgIpc) is 3.28. The smallest absolute Gasteiger partial charge is 0.316 e. The van der Waals surface area contributed by atoms with Crippen molar-refractivity contribution >= 4 is 41.1 Å². The number of rotatable bonds is 7. The van der Waals surface area contributed by atoms with Gasteiger partial charge in [-0.2, -0.15) is 0 Å². The molecule has 0 unspecified atom stereocenters. The lowest BCUT2D eigenvalue weighted by Crippen LogP contribution is -2.21. The van der Waals surface area contributed by atoms with E-state index >= 15 is 0 Å². The van der Waals surface area contributed by atoms with Gasteiger partial charge in [0, 0.05) is 16.7 Å². The fourth-order valence-electron chi connectivity index (χ4n) is 1.89. The van der Waals surface area contributed by atoms with Crippen LogP contribution >= 0.6 is 23.4 Å². The summed E-state index contributed by atoms with van der Waals surface area (Å²) in [6, 6.07) is 8.44. The first kappa shape index (κ1) is 18.9. The van der Waals surface area contributed by atoms with Gasteiger partial charge in [0.2, 0.25) is 5.89 Å². The van der Waals surface area contributed by atoms with Crippen molar-refractivity contribution in [2.24, 2.45) is 0 Å². The maximum absolute atomic E-state index is 11.7. The first-order chi connectivity index (χ1) is 13.0. The predicted octanol–water partition coefficient (Wildman–Crippen LogP) is 2.96. The van der Waals surface area contributed by atoms with E-state index in [1.165, 1.54) is 0 Å². The van der Waals surface area contributed by atoms with Gasteiger partial charge in [0.05, 0.1) is 0 Å². The Bertz CT molecular complexity index is 940. The minimum Gasteiger partial charge on any atom is -0.455 e. The van der Waals surface area contributed by atoms with Gasteiger partial charge in [-0.15, -0.1) is 10.2 Å². The second-order valence-corrected chi connectivity index (χ2v) is 6.56. The Morgan fingerprint density at radius 2 is 2.04 bits per heavy atom. The number of hydrogen-bond acceptors (Lipinski definition) is 9. The van der Waals surface area contributed by atoms with Crippen molar-refractivity contribution in [3.63, 3.8) is 0 Å². The van der Waals surface area contributed by atoms with Crippen molar-refractivity contribution in [3.8, 4) is 11.5 Å². The molecule has 9 nitrogen and oxygen atoms in total. The van der Waals surface area contributed by atoms with Crippen LogP contribution in [0.15, 0.2) is 44.5 Å². The van der Waals surface area contributed by atoms with E-state index < -0.39 is 18.5 Å². The van der Waals surface area contributed by atoms with Gasteiger partial charge in [0.15, 0.2) is 12.4 Å². The molecule has 2 aromatic heterocycles. The summed E-state index contributed by atoms with van der Waals surface area (Å²) in [5.41, 5.74) is 0.709. The topological polar surface area (TPSA) is 120 Å². The molecular formula is C16H13ClN4O5S. The molecule has 11 heteroatoms.